The lowest BCUT2D eigenvalue weighted by Gasteiger charge is -2.31. The molecule has 2 aromatic carbocycles. The van der Waals surface area contributed by atoms with Gasteiger partial charge in [-0.05, 0) is 48.6 Å². The second kappa shape index (κ2) is 8.70. The maximum Gasteiger partial charge on any atom is 0.253 e. The molecule has 2 aliphatic rings. The topological polar surface area (TPSA) is 71.7 Å². The van der Waals surface area contributed by atoms with Gasteiger partial charge in [-0.3, -0.25) is 4.79 Å². The third kappa shape index (κ3) is 4.18. The lowest BCUT2D eigenvalue weighted by molar-refractivity contribution is 0.0785. The average molecular weight is 380 g/mol. The zero-order valence-corrected chi connectivity index (χ0v) is 16.2. The number of hydrazine groups is 3. The van der Waals surface area contributed by atoms with Crippen molar-refractivity contribution in [3.63, 3.8) is 0 Å². The molecule has 2 heterocycles. The number of para-hydroxylation sites is 1. The van der Waals surface area contributed by atoms with Crippen molar-refractivity contribution in [1.29, 1.82) is 0 Å². The number of hydrogen-bond donors (Lipinski definition) is 4. The lowest BCUT2D eigenvalue weighted by atomic mass is 10.1. The van der Waals surface area contributed by atoms with Crippen LogP contribution in [0, 0.1) is 0 Å². The van der Waals surface area contributed by atoms with Crippen molar-refractivity contribution in [2.24, 2.45) is 0 Å². The van der Waals surface area contributed by atoms with Crippen molar-refractivity contribution >= 4 is 11.6 Å². The first-order chi connectivity index (χ1) is 13.7. The van der Waals surface area contributed by atoms with Crippen LogP contribution in [0.5, 0.6) is 0 Å². The highest BCUT2D eigenvalue weighted by Gasteiger charge is 2.20. The predicted molar refractivity (Wildman–Crippen MR) is 110 cm³/mol. The maximum absolute atomic E-state index is 13.0. The summed E-state index contributed by atoms with van der Waals surface area (Å²) >= 11 is 0. The average Bonchev–Trinajstić information content (AvgIpc) is 3.29. The summed E-state index contributed by atoms with van der Waals surface area (Å²) in [6.45, 7) is 2.79. The molecule has 4 rings (SSSR count). The van der Waals surface area contributed by atoms with Crippen LogP contribution >= 0.6 is 0 Å². The summed E-state index contributed by atoms with van der Waals surface area (Å²) < 4.78 is 0. The van der Waals surface area contributed by atoms with Crippen LogP contribution in [0.2, 0.25) is 0 Å². The first-order valence-electron chi connectivity index (χ1n) is 9.92. The summed E-state index contributed by atoms with van der Waals surface area (Å²) in [4.78, 5) is 17.3. The zero-order chi connectivity index (χ0) is 19.3. The Balaban J connectivity index is 1.49. The van der Waals surface area contributed by atoms with Gasteiger partial charge in [-0.2, -0.15) is 11.1 Å². The smallest absolute Gasteiger partial charge is 0.253 e. The highest BCUT2D eigenvalue weighted by Crippen LogP contribution is 2.25. The molecule has 4 N–H and O–H groups in total. The van der Waals surface area contributed by atoms with Crippen LogP contribution in [0.25, 0.3) is 0 Å². The van der Waals surface area contributed by atoms with Crippen molar-refractivity contribution in [3.05, 3.63) is 65.2 Å². The second-order valence-corrected chi connectivity index (χ2v) is 7.43. The van der Waals surface area contributed by atoms with E-state index in [1.807, 2.05) is 31.3 Å². The highest BCUT2D eigenvalue weighted by molar-refractivity contribution is 5.94. The second-order valence-electron chi connectivity index (χ2n) is 7.43. The molecule has 7 nitrogen and oxygen atoms in total. The molecule has 1 amide bonds. The van der Waals surface area contributed by atoms with Crippen molar-refractivity contribution < 1.29 is 4.79 Å². The molecule has 2 saturated heterocycles. The largest absolute Gasteiger partial charge is 0.371 e. The van der Waals surface area contributed by atoms with E-state index in [1.54, 1.807) is 4.90 Å². The molecule has 0 atom stereocenters. The van der Waals surface area contributed by atoms with Crippen LogP contribution in [0.3, 0.4) is 0 Å². The Morgan fingerprint density at radius 3 is 2.57 bits per heavy atom. The van der Waals surface area contributed by atoms with Crippen LogP contribution in [-0.4, -0.2) is 30.9 Å². The number of anilines is 1. The van der Waals surface area contributed by atoms with Crippen LogP contribution < -0.4 is 26.8 Å². The number of nitrogens with zero attached hydrogens (tertiary/aromatic N) is 2. The van der Waals surface area contributed by atoms with E-state index in [-0.39, 0.29) is 12.1 Å². The minimum absolute atomic E-state index is 0.0224. The van der Waals surface area contributed by atoms with Crippen LogP contribution in [0.15, 0.2) is 48.5 Å². The van der Waals surface area contributed by atoms with Gasteiger partial charge in [0, 0.05) is 37.9 Å². The molecule has 0 aliphatic carbocycles. The van der Waals surface area contributed by atoms with E-state index < -0.39 is 0 Å². The molecule has 0 spiro atoms. The van der Waals surface area contributed by atoms with E-state index in [9.17, 15) is 4.79 Å². The van der Waals surface area contributed by atoms with Crippen molar-refractivity contribution in [2.75, 3.05) is 25.0 Å². The summed E-state index contributed by atoms with van der Waals surface area (Å²) in [6.07, 6.45) is 3.70. The number of carbonyl (C=O) groups excluding carboxylic acids is 1. The van der Waals surface area contributed by atoms with E-state index in [0.29, 0.717) is 12.1 Å². The number of amides is 1. The van der Waals surface area contributed by atoms with E-state index >= 15 is 0 Å². The molecule has 0 saturated carbocycles. The molecule has 7 heteroatoms. The van der Waals surface area contributed by atoms with E-state index in [2.05, 4.69) is 51.1 Å². The third-order valence-electron chi connectivity index (χ3n) is 5.41. The van der Waals surface area contributed by atoms with Crippen LogP contribution in [-0.2, 0) is 6.54 Å². The van der Waals surface area contributed by atoms with Gasteiger partial charge in [-0.1, -0.05) is 30.3 Å². The zero-order valence-electron chi connectivity index (χ0n) is 16.2. The van der Waals surface area contributed by atoms with E-state index in [4.69, 9.17) is 0 Å². The van der Waals surface area contributed by atoms with Gasteiger partial charge in [-0.15, -0.1) is 0 Å². The maximum atomic E-state index is 13.0. The monoisotopic (exact) mass is 380 g/mol. The van der Waals surface area contributed by atoms with Gasteiger partial charge in [0.1, 0.15) is 6.17 Å². The fraction of sp³-hybridized carbons (Fsp3) is 0.381. The predicted octanol–water partition coefficient (Wildman–Crippen LogP) is 2.06. The van der Waals surface area contributed by atoms with Crippen molar-refractivity contribution in [3.8, 4) is 0 Å². The number of rotatable bonds is 5. The van der Waals surface area contributed by atoms with Crippen LogP contribution in [0.1, 0.15) is 46.9 Å². The number of nitrogens with one attached hydrogen (secondary N) is 4. The molecule has 2 aliphatic heterocycles. The van der Waals surface area contributed by atoms with Gasteiger partial charge in [-0.25, -0.2) is 10.9 Å². The van der Waals surface area contributed by atoms with Gasteiger partial charge < -0.3 is 9.80 Å². The molecule has 2 aromatic rings. The summed E-state index contributed by atoms with van der Waals surface area (Å²) in [5.41, 5.74) is 15.8. The van der Waals surface area contributed by atoms with E-state index in [1.165, 1.54) is 30.5 Å². The quantitative estimate of drug-likeness (QED) is 0.637. The molecule has 148 valence electrons. The molecular weight excluding hydrogens is 352 g/mol. The molecule has 0 unspecified atom stereocenters. The van der Waals surface area contributed by atoms with Crippen molar-refractivity contribution in [2.45, 2.75) is 32.0 Å². The summed E-state index contributed by atoms with van der Waals surface area (Å²) in [7, 11) is 1.87. The SMILES string of the molecule is CN(Cc1ccccc1N1CCCCC1)C(=O)c1cccc(C2NNNN2)c1. The summed E-state index contributed by atoms with van der Waals surface area (Å²) in [5, 5.41) is 0. The highest BCUT2D eigenvalue weighted by atomic mass is 16.2. The van der Waals surface area contributed by atoms with Gasteiger partial charge in [0.25, 0.3) is 5.91 Å². The fourth-order valence-corrected chi connectivity index (χ4v) is 3.91. The van der Waals surface area contributed by atoms with Gasteiger partial charge >= 0.3 is 0 Å². The number of hydrogen-bond acceptors (Lipinski definition) is 6. The lowest BCUT2D eigenvalue weighted by Crippen LogP contribution is -2.33. The molecule has 0 aromatic heterocycles. The molecule has 0 bridgehead atoms. The number of piperidine rings is 1. The molecule has 28 heavy (non-hydrogen) atoms. The van der Waals surface area contributed by atoms with Crippen molar-refractivity contribution in [1.82, 2.24) is 26.8 Å². The third-order valence-corrected chi connectivity index (χ3v) is 5.41. The normalized spacial score (nSPS) is 17.7. The summed E-state index contributed by atoms with van der Waals surface area (Å²) in [5.74, 6) is 0.0224. The Labute approximate surface area is 166 Å². The van der Waals surface area contributed by atoms with Gasteiger partial charge in [0.15, 0.2) is 0 Å². The van der Waals surface area contributed by atoms with Gasteiger partial charge in [0.2, 0.25) is 0 Å². The minimum atomic E-state index is -0.0853. The Morgan fingerprint density at radius 2 is 1.79 bits per heavy atom. The molecule has 2 fully saturated rings. The summed E-state index contributed by atoms with van der Waals surface area (Å²) in [6, 6.07) is 16.2. The fourth-order valence-electron chi connectivity index (χ4n) is 3.91. The standard InChI is InChI=1S/C21H28N6O/c1-26(15-18-8-3-4-11-19(18)27-12-5-2-6-13-27)21(28)17-10-7-9-16(14-17)20-22-24-25-23-20/h3-4,7-11,14,20,22-25H,2,5-6,12-13,15H2,1H3. The minimum Gasteiger partial charge on any atom is -0.371 e. The number of carbonyl (C=O) groups is 1. The first kappa shape index (κ1) is 18.9. The Bertz CT molecular complexity index is 814. The molecular formula is C21H28N6O. The first-order valence-corrected chi connectivity index (χ1v) is 9.92. The van der Waals surface area contributed by atoms with Gasteiger partial charge in [0.05, 0.1) is 0 Å². The Kier molecular flexibility index (Phi) is 5.87. The Morgan fingerprint density at radius 1 is 1.04 bits per heavy atom. The number of benzene rings is 2. The van der Waals surface area contributed by atoms with Crippen LogP contribution in [0.4, 0.5) is 5.69 Å². The Hall–Kier alpha value is -2.45. The van der Waals surface area contributed by atoms with E-state index in [0.717, 1.165) is 18.7 Å². The molecule has 0 radical (unpaired) electrons.